The average Bonchev–Trinajstić information content (AvgIpc) is 3.29. The van der Waals surface area contributed by atoms with Gasteiger partial charge in [0, 0.05) is 56.1 Å². The van der Waals surface area contributed by atoms with Crippen LogP contribution in [0, 0.1) is 0 Å². The summed E-state index contributed by atoms with van der Waals surface area (Å²) in [6.45, 7) is 6.89. The van der Waals surface area contributed by atoms with E-state index in [1.807, 2.05) is 24.3 Å². The highest BCUT2D eigenvalue weighted by atomic mass is 16.5. The van der Waals surface area contributed by atoms with Gasteiger partial charge in [0.1, 0.15) is 5.75 Å². The van der Waals surface area contributed by atoms with Crippen molar-refractivity contribution in [3.63, 3.8) is 0 Å². The zero-order chi connectivity index (χ0) is 23.3. The number of nitrogens with zero attached hydrogens (tertiary/aromatic N) is 3. The molecule has 176 valence electrons. The minimum atomic E-state index is -0.202. The van der Waals surface area contributed by atoms with Crippen molar-refractivity contribution < 1.29 is 13.9 Å². The first kappa shape index (κ1) is 22.4. The molecule has 34 heavy (non-hydrogen) atoms. The van der Waals surface area contributed by atoms with Crippen LogP contribution in [-0.4, -0.2) is 67.1 Å². The van der Waals surface area contributed by atoms with Gasteiger partial charge >= 0.3 is 0 Å². The molecule has 5 rings (SSSR count). The monoisotopic (exact) mass is 458 g/mol. The van der Waals surface area contributed by atoms with Crippen LogP contribution >= 0.6 is 0 Å². The number of carbonyl (C=O) groups is 1. The number of furan rings is 1. The molecule has 0 spiro atoms. The molecular weight excluding hydrogens is 428 g/mol. The number of benzene rings is 2. The minimum absolute atomic E-state index is 0.202. The van der Waals surface area contributed by atoms with Crippen LogP contribution in [0.4, 0.5) is 0 Å². The van der Waals surface area contributed by atoms with E-state index in [1.165, 1.54) is 5.56 Å². The van der Waals surface area contributed by atoms with Gasteiger partial charge < -0.3 is 19.4 Å². The number of piperazine rings is 1. The molecule has 0 bridgehead atoms. The number of ether oxygens (including phenoxy) is 1. The molecule has 1 aliphatic heterocycles. The molecule has 1 amide bonds. The first-order chi connectivity index (χ1) is 16.7. The van der Waals surface area contributed by atoms with Gasteiger partial charge in [0.05, 0.1) is 12.6 Å². The van der Waals surface area contributed by atoms with Crippen molar-refractivity contribution in [2.75, 3.05) is 46.4 Å². The Kier molecular flexibility index (Phi) is 6.74. The number of hydrogen-bond acceptors (Lipinski definition) is 6. The standard InChI is InChI=1S/C27H30N4O3/c1-33-23-9-8-21-16-22-17-25(34-27(22)29-24(21)18-23)26(32)28-10-5-11-30-12-14-31(15-13-30)19-20-6-3-2-4-7-20/h2-4,6-9,16-18H,5,10-15,19H2,1H3,(H,28,32). The highest BCUT2D eigenvalue weighted by Gasteiger charge is 2.17. The number of amides is 1. The molecular formula is C27H30N4O3. The van der Waals surface area contributed by atoms with Crippen LogP contribution < -0.4 is 10.1 Å². The quantitative estimate of drug-likeness (QED) is 0.404. The molecule has 0 saturated carbocycles. The van der Waals surface area contributed by atoms with Crippen molar-refractivity contribution >= 4 is 27.9 Å². The van der Waals surface area contributed by atoms with E-state index >= 15 is 0 Å². The molecule has 0 aliphatic carbocycles. The fourth-order valence-electron chi connectivity index (χ4n) is 4.45. The molecule has 2 aromatic carbocycles. The van der Waals surface area contributed by atoms with Gasteiger partial charge in [-0.05, 0) is 42.8 Å². The van der Waals surface area contributed by atoms with Crippen molar-refractivity contribution in [1.29, 1.82) is 0 Å². The van der Waals surface area contributed by atoms with Crippen LogP contribution in [0.15, 0.2) is 65.1 Å². The van der Waals surface area contributed by atoms with Gasteiger partial charge in [0.2, 0.25) is 5.71 Å². The molecule has 0 radical (unpaired) electrons. The Hall–Kier alpha value is -3.42. The summed E-state index contributed by atoms with van der Waals surface area (Å²) in [4.78, 5) is 22.1. The second-order valence-electron chi connectivity index (χ2n) is 8.76. The Balaban J connectivity index is 1.08. The number of methoxy groups -OCH3 is 1. The van der Waals surface area contributed by atoms with Crippen molar-refractivity contribution in [2.45, 2.75) is 13.0 Å². The van der Waals surface area contributed by atoms with Crippen molar-refractivity contribution in [3.8, 4) is 5.75 Å². The van der Waals surface area contributed by atoms with E-state index in [0.29, 0.717) is 18.0 Å². The summed E-state index contributed by atoms with van der Waals surface area (Å²) in [6.07, 6.45) is 0.909. The van der Waals surface area contributed by atoms with E-state index in [0.717, 1.165) is 67.7 Å². The number of fused-ring (bicyclic) bond motifs is 2. The number of rotatable bonds is 8. The van der Waals surface area contributed by atoms with E-state index in [9.17, 15) is 4.79 Å². The summed E-state index contributed by atoms with van der Waals surface area (Å²) in [7, 11) is 1.63. The van der Waals surface area contributed by atoms with E-state index in [1.54, 1.807) is 13.2 Å². The van der Waals surface area contributed by atoms with Crippen molar-refractivity contribution in [2.24, 2.45) is 0 Å². The summed E-state index contributed by atoms with van der Waals surface area (Å²) >= 11 is 0. The van der Waals surface area contributed by atoms with E-state index < -0.39 is 0 Å². The fourth-order valence-corrected chi connectivity index (χ4v) is 4.45. The number of aromatic nitrogens is 1. The van der Waals surface area contributed by atoms with Crippen LogP contribution in [-0.2, 0) is 6.54 Å². The molecule has 0 atom stereocenters. The second kappa shape index (κ2) is 10.2. The molecule has 1 aliphatic rings. The third-order valence-electron chi connectivity index (χ3n) is 6.39. The van der Waals surface area contributed by atoms with Crippen LogP contribution in [0.5, 0.6) is 5.75 Å². The van der Waals surface area contributed by atoms with E-state index in [4.69, 9.17) is 9.15 Å². The molecule has 0 unspecified atom stereocenters. The zero-order valence-electron chi connectivity index (χ0n) is 19.5. The molecule has 2 aromatic heterocycles. The van der Waals surface area contributed by atoms with E-state index in [-0.39, 0.29) is 5.91 Å². The summed E-state index contributed by atoms with van der Waals surface area (Å²) in [5, 5.41) is 4.78. The van der Waals surface area contributed by atoms with Crippen LogP contribution in [0.2, 0.25) is 0 Å². The Morgan fingerprint density at radius 2 is 1.79 bits per heavy atom. The number of carbonyl (C=O) groups excluding carboxylic acids is 1. The second-order valence-corrected chi connectivity index (χ2v) is 8.76. The van der Waals surface area contributed by atoms with Gasteiger partial charge in [-0.1, -0.05) is 30.3 Å². The largest absolute Gasteiger partial charge is 0.497 e. The van der Waals surface area contributed by atoms with Gasteiger partial charge in [-0.15, -0.1) is 0 Å². The lowest BCUT2D eigenvalue weighted by atomic mass is 10.2. The normalized spacial score (nSPS) is 15.1. The summed E-state index contributed by atoms with van der Waals surface area (Å²) in [5.41, 5.74) is 2.60. The zero-order valence-corrected chi connectivity index (χ0v) is 19.5. The molecule has 3 heterocycles. The van der Waals surface area contributed by atoms with Crippen LogP contribution in [0.1, 0.15) is 22.5 Å². The highest BCUT2D eigenvalue weighted by molar-refractivity contribution is 5.98. The SMILES string of the molecule is COc1ccc2cc3cc(C(=O)NCCCN4CCN(Cc5ccccc5)CC4)oc3nc2c1. The Bertz CT molecular complexity index is 1260. The summed E-state index contributed by atoms with van der Waals surface area (Å²) in [6, 6.07) is 20.1. The summed E-state index contributed by atoms with van der Waals surface area (Å²) in [5.74, 6) is 0.827. The topological polar surface area (TPSA) is 70.8 Å². The number of hydrogen-bond donors (Lipinski definition) is 1. The minimum Gasteiger partial charge on any atom is -0.497 e. The molecule has 1 saturated heterocycles. The maximum absolute atomic E-state index is 12.6. The van der Waals surface area contributed by atoms with Gasteiger partial charge in [-0.3, -0.25) is 9.69 Å². The maximum atomic E-state index is 12.6. The fraction of sp³-hybridized carbons (Fsp3) is 0.333. The van der Waals surface area contributed by atoms with Gasteiger partial charge in [-0.2, -0.15) is 0 Å². The lowest BCUT2D eigenvalue weighted by Gasteiger charge is -2.34. The predicted octanol–water partition coefficient (Wildman–Crippen LogP) is 3.93. The Morgan fingerprint density at radius 1 is 1.00 bits per heavy atom. The third kappa shape index (κ3) is 5.21. The van der Waals surface area contributed by atoms with E-state index in [2.05, 4.69) is 50.4 Å². The Labute approximate surface area is 199 Å². The lowest BCUT2D eigenvalue weighted by molar-refractivity contribution is 0.0921. The Morgan fingerprint density at radius 3 is 2.59 bits per heavy atom. The van der Waals surface area contributed by atoms with Crippen LogP contribution in [0.25, 0.3) is 22.0 Å². The molecule has 7 heteroatoms. The smallest absolute Gasteiger partial charge is 0.287 e. The molecule has 1 N–H and O–H groups in total. The average molecular weight is 459 g/mol. The maximum Gasteiger partial charge on any atom is 0.287 e. The van der Waals surface area contributed by atoms with Crippen molar-refractivity contribution in [3.05, 3.63) is 72.0 Å². The summed E-state index contributed by atoms with van der Waals surface area (Å²) < 4.78 is 11.0. The molecule has 7 nitrogen and oxygen atoms in total. The van der Waals surface area contributed by atoms with Crippen LogP contribution in [0.3, 0.4) is 0 Å². The number of nitrogens with one attached hydrogen (secondary N) is 1. The molecule has 4 aromatic rings. The first-order valence-corrected chi connectivity index (χ1v) is 11.8. The molecule has 1 fully saturated rings. The predicted molar refractivity (Wildman–Crippen MR) is 133 cm³/mol. The first-order valence-electron chi connectivity index (χ1n) is 11.8. The van der Waals surface area contributed by atoms with Crippen molar-refractivity contribution in [1.82, 2.24) is 20.1 Å². The lowest BCUT2D eigenvalue weighted by Crippen LogP contribution is -2.46. The van der Waals surface area contributed by atoms with Gasteiger partial charge in [0.15, 0.2) is 5.76 Å². The highest BCUT2D eigenvalue weighted by Crippen LogP contribution is 2.25. The van der Waals surface area contributed by atoms with Gasteiger partial charge in [0.25, 0.3) is 5.91 Å². The van der Waals surface area contributed by atoms with Gasteiger partial charge in [-0.25, -0.2) is 4.98 Å². The number of pyridine rings is 1. The third-order valence-corrected chi connectivity index (χ3v) is 6.39.